The summed E-state index contributed by atoms with van der Waals surface area (Å²) in [7, 11) is 1.81. The van der Waals surface area contributed by atoms with Gasteiger partial charge < -0.3 is 19.2 Å². The monoisotopic (exact) mass is 432 g/mol. The van der Waals surface area contributed by atoms with Gasteiger partial charge >= 0.3 is 0 Å². The first kappa shape index (κ1) is 20.0. The van der Waals surface area contributed by atoms with E-state index in [1.807, 2.05) is 23.7 Å². The SMILES string of the molecule is Cn1c2ccc([N+](=O)[O-])cc2c(=O)c2cccc(-c3cc(N4CCOCC4)cc(=O)[nH]3)c21. The predicted octanol–water partition coefficient (Wildman–Crippen LogP) is 2.79. The van der Waals surface area contributed by atoms with Crippen LogP contribution in [0.4, 0.5) is 11.4 Å². The van der Waals surface area contributed by atoms with E-state index in [0.717, 1.165) is 5.69 Å². The van der Waals surface area contributed by atoms with E-state index in [-0.39, 0.29) is 22.1 Å². The normalized spacial score (nSPS) is 14.2. The van der Waals surface area contributed by atoms with Gasteiger partial charge in [-0.15, -0.1) is 0 Å². The van der Waals surface area contributed by atoms with Crippen molar-refractivity contribution in [3.05, 3.63) is 79.2 Å². The molecule has 1 aliphatic heterocycles. The molecule has 0 bridgehead atoms. The van der Waals surface area contributed by atoms with Crippen molar-refractivity contribution < 1.29 is 9.66 Å². The average Bonchev–Trinajstić information content (AvgIpc) is 2.82. The minimum Gasteiger partial charge on any atom is -0.378 e. The van der Waals surface area contributed by atoms with E-state index in [9.17, 15) is 19.7 Å². The number of non-ortho nitro benzene ring substituents is 1. The van der Waals surface area contributed by atoms with Gasteiger partial charge in [0, 0.05) is 55.0 Å². The molecule has 1 fully saturated rings. The number of rotatable bonds is 3. The number of H-pyrrole nitrogens is 1. The van der Waals surface area contributed by atoms with Gasteiger partial charge in [-0.1, -0.05) is 12.1 Å². The molecule has 3 heterocycles. The maximum Gasteiger partial charge on any atom is 0.270 e. The van der Waals surface area contributed by atoms with E-state index < -0.39 is 4.92 Å². The van der Waals surface area contributed by atoms with Crippen LogP contribution >= 0.6 is 0 Å². The fourth-order valence-electron chi connectivity index (χ4n) is 4.36. The van der Waals surface area contributed by atoms with Crippen LogP contribution in [0.1, 0.15) is 0 Å². The molecule has 32 heavy (non-hydrogen) atoms. The number of nitro benzene ring substituents is 1. The lowest BCUT2D eigenvalue weighted by molar-refractivity contribution is -0.384. The molecule has 0 aliphatic carbocycles. The van der Waals surface area contributed by atoms with Gasteiger partial charge in [0.2, 0.25) is 5.56 Å². The smallest absolute Gasteiger partial charge is 0.270 e. The summed E-state index contributed by atoms with van der Waals surface area (Å²) in [6.07, 6.45) is 0. The number of hydrogen-bond donors (Lipinski definition) is 1. The average molecular weight is 432 g/mol. The van der Waals surface area contributed by atoms with Gasteiger partial charge in [-0.25, -0.2) is 0 Å². The van der Waals surface area contributed by atoms with E-state index in [2.05, 4.69) is 9.88 Å². The van der Waals surface area contributed by atoms with Crippen molar-refractivity contribution in [2.24, 2.45) is 7.05 Å². The number of nitrogens with zero attached hydrogens (tertiary/aromatic N) is 3. The zero-order valence-corrected chi connectivity index (χ0v) is 17.3. The molecule has 1 saturated heterocycles. The van der Waals surface area contributed by atoms with Crippen LogP contribution in [0, 0.1) is 10.1 Å². The number of ether oxygens (including phenoxy) is 1. The lowest BCUT2D eigenvalue weighted by Crippen LogP contribution is -2.36. The summed E-state index contributed by atoms with van der Waals surface area (Å²) in [6, 6.07) is 13.1. The number of pyridine rings is 2. The number of aromatic nitrogens is 2. The first-order valence-electron chi connectivity index (χ1n) is 10.2. The Hall–Kier alpha value is -3.98. The molecule has 0 atom stereocenters. The number of benzene rings is 2. The van der Waals surface area contributed by atoms with Crippen LogP contribution in [0.5, 0.6) is 0 Å². The van der Waals surface area contributed by atoms with Crippen molar-refractivity contribution in [1.82, 2.24) is 9.55 Å². The number of aryl methyl sites for hydroxylation is 1. The number of nitro groups is 1. The maximum absolute atomic E-state index is 13.2. The largest absolute Gasteiger partial charge is 0.378 e. The van der Waals surface area contributed by atoms with Gasteiger partial charge in [-0.3, -0.25) is 19.7 Å². The Morgan fingerprint density at radius 2 is 1.81 bits per heavy atom. The van der Waals surface area contributed by atoms with Gasteiger partial charge in [-0.05, 0) is 18.2 Å². The number of morpholine rings is 1. The third-order valence-corrected chi connectivity index (χ3v) is 5.91. The third kappa shape index (κ3) is 3.23. The molecule has 0 radical (unpaired) electrons. The van der Waals surface area contributed by atoms with Crippen molar-refractivity contribution in [1.29, 1.82) is 0 Å². The molecular formula is C23H20N4O5. The second-order valence-electron chi connectivity index (χ2n) is 7.76. The summed E-state index contributed by atoms with van der Waals surface area (Å²) in [5, 5.41) is 11.9. The van der Waals surface area contributed by atoms with Gasteiger partial charge in [-0.2, -0.15) is 0 Å². The van der Waals surface area contributed by atoms with Gasteiger partial charge in [0.05, 0.1) is 40.3 Å². The maximum atomic E-state index is 13.2. The standard InChI is InChI=1S/C23H20N4O5/c1-25-20-6-5-14(27(30)31)11-18(20)23(29)17-4-2-3-16(22(17)25)19-12-15(13-21(28)24-19)26-7-9-32-10-8-26/h2-6,11-13H,7-10H2,1H3,(H,24,28). The number of nitrogens with one attached hydrogen (secondary N) is 1. The van der Waals surface area contributed by atoms with Crippen LogP contribution in [0.2, 0.25) is 0 Å². The Labute approximate surface area is 181 Å². The van der Waals surface area contributed by atoms with Gasteiger partial charge in [0.15, 0.2) is 5.43 Å². The molecular weight excluding hydrogens is 412 g/mol. The molecule has 2 aromatic carbocycles. The zero-order chi connectivity index (χ0) is 22.4. The highest BCUT2D eigenvalue weighted by atomic mass is 16.6. The Kier molecular flexibility index (Phi) is 4.75. The molecule has 9 heteroatoms. The van der Waals surface area contributed by atoms with E-state index in [0.29, 0.717) is 54.0 Å². The van der Waals surface area contributed by atoms with Gasteiger partial charge in [0.1, 0.15) is 0 Å². The van der Waals surface area contributed by atoms with Crippen molar-refractivity contribution >= 4 is 33.2 Å². The predicted molar refractivity (Wildman–Crippen MR) is 122 cm³/mol. The lowest BCUT2D eigenvalue weighted by Gasteiger charge is -2.29. The van der Waals surface area contributed by atoms with Crippen LogP contribution in [0.15, 0.2) is 58.1 Å². The van der Waals surface area contributed by atoms with E-state index in [4.69, 9.17) is 4.74 Å². The number of para-hydroxylation sites is 1. The van der Waals surface area contributed by atoms with E-state index >= 15 is 0 Å². The van der Waals surface area contributed by atoms with Crippen LogP contribution in [-0.2, 0) is 11.8 Å². The highest BCUT2D eigenvalue weighted by molar-refractivity contribution is 6.01. The van der Waals surface area contributed by atoms with Crippen molar-refractivity contribution in [2.75, 3.05) is 31.2 Å². The number of anilines is 1. The Morgan fingerprint density at radius 3 is 2.56 bits per heavy atom. The van der Waals surface area contributed by atoms with Crippen molar-refractivity contribution in [2.45, 2.75) is 0 Å². The molecule has 0 unspecified atom stereocenters. The minimum absolute atomic E-state index is 0.132. The highest BCUT2D eigenvalue weighted by Gasteiger charge is 2.18. The van der Waals surface area contributed by atoms with Crippen LogP contribution in [-0.4, -0.2) is 40.8 Å². The molecule has 0 amide bonds. The molecule has 5 rings (SSSR count). The van der Waals surface area contributed by atoms with Crippen molar-refractivity contribution in [3.63, 3.8) is 0 Å². The topological polar surface area (TPSA) is 110 Å². The van der Waals surface area contributed by atoms with Crippen LogP contribution in [0.3, 0.4) is 0 Å². The Balaban J connectivity index is 1.77. The molecule has 162 valence electrons. The van der Waals surface area contributed by atoms with E-state index in [1.165, 1.54) is 12.1 Å². The summed E-state index contributed by atoms with van der Waals surface area (Å²) in [4.78, 5) is 41.4. The number of hydrogen-bond acceptors (Lipinski definition) is 6. The quantitative estimate of drug-likeness (QED) is 0.303. The fraction of sp³-hybridized carbons (Fsp3) is 0.217. The van der Waals surface area contributed by atoms with Crippen LogP contribution in [0.25, 0.3) is 33.1 Å². The first-order valence-corrected chi connectivity index (χ1v) is 10.2. The second kappa shape index (κ2) is 7.61. The molecule has 1 aliphatic rings. The van der Waals surface area contributed by atoms with Crippen LogP contribution < -0.4 is 15.9 Å². The first-order chi connectivity index (χ1) is 15.4. The zero-order valence-electron chi connectivity index (χ0n) is 17.3. The molecule has 2 aromatic heterocycles. The molecule has 1 N–H and O–H groups in total. The lowest BCUT2D eigenvalue weighted by atomic mass is 10.0. The molecule has 0 spiro atoms. The molecule has 0 saturated carbocycles. The number of fused-ring (bicyclic) bond motifs is 2. The minimum atomic E-state index is -0.513. The highest BCUT2D eigenvalue weighted by Crippen LogP contribution is 2.30. The summed E-state index contributed by atoms with van der Waals surface area (Å²) >= 11 is 0. The van der Waals surface area contributed by atoms with Crippen molar-refractivity contribution in [3.8, 4) is 11.3 Å². The Bertz CT molecular complexity index is 1500. The summed E-state index contributed by atoms with van der Waals surface area (Å²) in [5.74, 6) is 0. The molecule has 9 nitrogen and oxygen atoms in total. The summed E-state index contributed by atoms with van der Waals surface area (Å²) in [6.45, 7) is 2.59. The third-order valence-electron chi connectivity index (χ3n) is 5.91. The summed E-state index contributed by atoms with van der Waals surface area (Å²) in [5.41, 5.74) is 2.67. The second-order valence-corrected chi connectivity index (χ2v) is 7.76. The Morgan fingerprint density at radius 1 is 1.03 bits per heavy atom. The van der Waals surface area contributed by atoms with E-state index in [1.54, 1.807) is 24.3 Å². The summed E-state index contributed by atoms with van der Waals surface area (Å²) < 4.78 is 7.25. The number of aromatic amines is 1. The fourth-order valence-corrected chi connectivity index (χ4v) is 4.36. The molecule has 4 aromatic rings. The van der Waals surface area contributed by atoms with Gasteiger partial charge in [0.25, 0.3) is 5.69 Å².